The minimum absolute atomic E-state index is 0.307. The predicted octanol–water partition coefficient (Wildman–Crippen LogP) is 0.268. The quantitative estimate of drug-likeness (QED) is 0.773. The number of aromatic nitrogens is 1. The lowest BCUT2D eigenvalue weighted by Crippen LogP contribution is -2.33. The second-order valence-electron chi connectivity index (χ2n) is 3.71. The zero-order valence-electron chi connectivity index (χ0n) is 8.92. The number of nitrogens with one attached hydrogen (secondary N) is 1. The molecule has 2 rings (SSSR count). The number of hydrogen-bond acceptors (Lipinski definition) is 5. The molecule has 0 radical (unpaired) electrons. The zero-order valence-corrected chi connectivity index (χ0v) is 10.6. The molecule has 0 atom stereocenters. The monoisotopic (exact) mass is 261 g/mol. The highest BCUT2D eigenvalue weighted by atomic mass is 32.2. The first-order valence-electron chi connectivity index (χ1n) is 5.24. The first-order chi connectivity index (χ1) is 7.68. The van der Waals surface area contributed by atoms with Crippen LogP contribution in [0.2, 0.25) is 0 Å². The molecule has 0 bridgehead atoms. The Morgan fingerprint density at radius 3 is 3.06 bits per heavy atom. The maximum Gasteiger partial charge on any atom is 0.214 e. The number of nitrogens with zero attached hydrogens (tertiary/aromatic N) is 2. The van der Waals surface area contributed by atoms with Crippen LogP contribution in [0.5, 0.6) is 0 Å². The number of hydrogen-bond donors (Lipinski definition) is 1. The Kier molecular flexibility index (Phi) is 3.91. The van der Waals surface area contributed by atoms with Crippen LogP contribution in [0, 0.1) is 0 Å². The molecule has 1 fully saturated rings. The van der Waals surface area contributed by atoms with Gasteiger partial charge in [0.2, 0.25) is 10.0 Å². The van der Waals surface area contributed by atoms with Crippen LogP contribution in [0.25, 0.3) is 0 Å². The molecule has 1 aliphatic rings. The Balaban J connectivity index is 1.69. The highest BCUT2D eigenvalue weighted by Gasteiger charge is 2.27. The van der Waals surface area contributed by atoms with E-state index >= 15 is 0 Å². The summed E-state index contributed by atoms with van der Waals surface area (Å²) in [6.07, 6.45) is 2.58. The van der Waals surface area contributed by atoms with Crippen molar-refractivity contribution in [2.75, 3.05) is 25.4 Å². The van der Waals surface area contributed by atoms with E-state index in [0.717, 1.165) is 13.0 Å². The molecule has 0 saturated carbocycles. The molecule has 1 aromatic heterocycles. The Morgan fingerprint density at radius 1 is 1.56 bits per heavy atom. The summed E-state index contributed by atoms with van der Waals surface area (Å²) in [5.74, 6) is 0.307. The lowest BCUT2D eigenvalue weighted by atomic mass is 10.4. The largest absolute Gasteiger partial charge is 0.310 e. The normalized spacial score (nSPS) is 20.2. The van der Waals surface area contributed by atoms with Gasteiger partial charge in [-0.3, -0.25) is 4.98 Å². The highest BCUT2D eigenvalue weighted by Crippen LogP contribution is 2.12. The van der Waals surface area contributed by atoms with Crippen molar-refractivity contribution in [2.45, 2.75) is 13.0 Å². The van der Waals surface area contributed by atoms with E-state index in [9.17, 15) is 8.42 Å². The van der Waals surface area contributed by atoms with E-state index in [2.05, 4.69) is 10.3 Å². The van der Waals surface area contributed by atoms with Crippen LogP contribution in [0.4, 0.5) is 0 Å². The van der Waals surface area contributed by atoms with E-state index < -0.39 is 10.0 Å². The summed E-state index contributed by atoms with van der Waals surface area (Å²) in [4.78, 5) is 5.14. The van der Waals surface area contributed by atoms with Crippen LogP contribution in [0.1, 0.15) is 11.3 Å². The maximum atomic E-state index is 11.5. The Hall–Kier alpha value is -0.500. The first-order valence-corrected chi connectivity index (χ1v) is 7.73. The van der Waals surface area contributed by atoms with Crippen molar-refractivity contribution in [1.82, 2.24) is 14.6 Å². The molecule has 1 aromatic rings. The SMILES string of the molecule is O=S1(=O)CCCN1CCNCc1cncs1. The van der Waals surface area contributed by atoms with Gasteiger partial charge >= 0.3 is 0 Å². The van der Waals surface area contributed by atoms with Crippen molar-refractivity contribution in [2.24, 2.45) is 0 Å². The first kappa shape index (κ1) is 12.0. The zero-order chi connectivity index (χ0) is 11.4. The van der Waals surface area contributed by atoms with Gasteiger partial charge in [-0.05, 0) is 6.42 Å². The minimum Gasteiger partial charge on any atom is -0.310 e. The molecular weight excluding hydrogens is 246 g/mol. The van der Waals surface area contributed by atoms with Crippen molar-refractivity contribution >= 4 is 21.4 Å². The summed E-state index contributed by atoms with van der Waals surface area (Å²) in [6, 6.07) is 0. The topological polar surface area (TPSA) is 62.3 Å². The van der Waals surface area contributed by atoms with Crippen molar-refractivity contribution in [3.63, 3.8) is 0 Å². The molecular formula is C9H15N3O2S2. The van der Waals surface area contributed by atoms with Crippen LogP contribution in [-0.4, -0.2) is 43.1 Å². The lowest BCUT2D eigenvalue weighted by molar-refractivity contribution is 0.434. The summed E-state index contributed by atoms with van der Waals surface area (Å²) < 4.78 is 24.5. The molecule has 0 amide bonds. The standard InChI is InChI=1S/C9H15N3O2S2/c13-16(14)5-1-3-12(16)4-2-10-6-9-7-11-8-15-9/h7-8,10H,1-6H2. The van der Waals surface area contributed by atoms with Gasteiger partial charge in [-0.25, -0.2) is 12.7 Å². The number of rotatable bonds is 5. The number of sulfonamides is 1. The van der Waals surface area contributed by atoms with Gasteiger partial charge in [0.15, 0.2) is 0 Å². The maximum absolute atomic E-state index is 11.5. The average molecular weight is 261 g/mol. The van der Waals surface area contributed by atoms with Crippen LogP contribution < -0.4 is 5.32 Å². The van der Waals surface area contributed by atoms with Crippen LogP contribution >= 0.6 is 11.3 Å². The van der Waals surface area contributed by atoms with Gasteiger partial charge in [-0.2, -0.15) is 0 Å². The van der Waals surface area contributed by atoms with E-state index in [-0.39, 0.29) is 0 Å². The fraction of sp³-hybridized carbons (Fsp3) is 0.667. The van der Waals surface area contributed by atoms with Crippen molar-refractivity contribution in [3.8, 4) is 0 Å². The third-order valence-electron chi connectivity index (χ3n) is 2.52. The summed E-state index contributed by atoms with van der Waals surface area (Å²) >= 11 is 1.60. The summed E-state index contributed by atoms with van der Waals surface area (Å²) in [6.45, 7) is 2.70. The molecule has 0 unspecified atom stereocenters. The van der Waals surface area contributed by atoms with Gasteiger partial charge < -0.3 is 5.32 Å². The molecule has 0 aromatic carbocycles. The second kappa shape index (κ2) is 5.22. The molecule has 7 heteroatoms. The number of thiazole rings is 1. The van der Waals surface area contributed by atoms with Crippen molar-refractivity contribution in [1.29, 1.82) is 0 Å². The van der Waals surface area contributed by atoms with E-state index in [1.165, 1.54) is 4.88 Å². The van der Waals surface area contributed by atoms with Crippen LogP contribution in [-0.2, 0) is 16.6 Å². The summed E-state index contributed by atoms with van der Waals surface area (Å²) in [5.41, 5.74) is 1.79. The Labute approximate surface area is 99.5 Å². The molecule has 90 valence electrons. The van der Waals surface area contributed by atoms with Gasteiger partial charge in [0.05, 0.1) is 11.3 Å². The smallest absolute Gasteiger partial charge is 0.214 e. The molecule has 1 aliphatic heterocycles. The van der Waals surface area contributed by atoms with Crippen molar-refractivity contribution < 1.29 is 8.42 Å². The Bertz CT molecular complexity index is 416. The van der Waals surface area contributed by atoms with Gasteiger partial charge in [-0.1, -0.05) is 0 Å². The molecule has 16 heavy (non-hydrogen) atoms. The van der Waals surface area contributed by atoms with Gasteiger partial charge in [0.1, 0.15) is 0 Å². The Morgan fingerprint density at radius 2 is 2.44 bits per heavy atom. The van der Waals surface area contributed by atoms with E-state index in [1.807, 2.05) is 6.20 Å². The summed E-state index contributed by atoms with van der Waals surface area (Å²) in [5, 5.41) is 3.22. The van der Waals surface area contributed by atoms with Crippen molar-refractivity contribution in [3.05, 3.63) is 16.6 Å². The van der Waals surface area contributed by atoms with Crippen LogP contribution in [0.3, 0.4) is 0 Å². The minimum atomic E-state index is -2.94. The van der Waals surface area contributed by atoms with Gasteiger partial charge in [0.25, 0.3) is 0 Å². The lowest BCUT2D eigenvalue weighted by Gasteiger charge is -2.13. The van der Waals surface area contributed by atoms with E-state index in [4.69, 9.17) is 0 Å². The third kappa shape index (κ3) is 3.00. The van der Waals surface area contributed by atoms with E-state index in [0.29, 0.717) is 25.4 Å². The molecule has 2 heterocycles. The fourth-order valence-corrected chi connectivity index (χ4v) is 3.78. The fourth-order valence-electron chi connectivity index (χ4n) is 1.69. The molecule has 0 spiro atoms. The van der Waals surface area contributed by atoms with Gasteiger partial charge in [0, 0.05) is 37.3 Å². The molecule has 1 N–H and O–H groups in total. The highest BCUT2D eigenvalue weighted by molar-refractivity contribution is 7.89. The molecule has 1 saturated heterocycles. The molecule has 0 aliphatic carbocycles. The van der Waals surface area contributed by atoms with E-state index in [1.54, 1.807) is 21.2 Å². The summed E-state index contributed by atoms with van der Waals surface area (Å²) in [7, 11) is -2.94. The average Bonchev–Trinajstić information content (AvgIpc) is 2.83. The second-order valence-corrected chi connectivity index (χ2v) is 6.77. The predicted molar refractivity (Wildman–Crippen MR) is 63.8 cm³/mol. The third-order valence-corrected chi connectivity index (χ3v) is 5.26. The van der Waals surface area contributed by atoms with Crippen LogP contribution in [0.15, 0.2) is 11.7 Å². The molecule has 5 nitrogen and oxygen atoms in total. The van der Waals surface area contributed by atoms with Gasteiger partial charge in [-0.15, -0.1) is 11.3 Å².